The van der Waals surface area contributed by atoms with Crippen molar-refractivity contribution in [1.82, 2.24) is 9.97 Å². The summed E-state index contributed by atoms with van der Waals surface area (Å²) in [6.07, 6.45) is -0.776. The predicted octanol–water partition coefficient (Wildman–Crippen LogP) is 4.26. The third-order valence-electron chi connectivity index (χ3n) is 4.45. The number of hydrogen-bond donors (Lipinski definition) is 2. The lowest BCUT2D eigenvalue weighted by Gasteiger charge is -2.16. The molecule has 0 fully saturated rings. The van der Waals surface area contributed by atoms with Gasteiger partial charge in [-0.2, -0.15) is 0 Å². The third kappa shape index (κ3) is 5.95. The molecule has 10 heteroatoms. The minimum absolute atomic E-state index is 0.00310. The molecule has 1 atom stereocenters. The zero-order chi connectivity index (χ0) is 23.5. The maximum atomic E-state index is 12.6. The number of nitrogens with zero attached hydrogens (tertiary/aromatic N) is 2. The molecule has 0 saturated heterocycles. The van der Waals surface area contributed by atoms with Crippen LogP contribution in [0, 0.1) is 20.8 Å². The summed E-state index contributed by atoms with van der Waals surface area (Å²) in [6, 6.07) is 12.6. The lowest BCUT2D eigenvalue weighted by atomic mass is 10.2. The summed E-state index contributed by atoms with van der Waals surface area (Å²) in [4.78, 5) is 20.7. The molecule has 1 unspecified atom stereocenters. The molecule has 2 aromatic carbocycles. The second kappa shape index (κ2) is 9.54. The number of rotatable bonds is 7. The fourth-order valence-corrected chi connectivity index (χ4v) is 4.07. The molecular formula is C22H23ClN4O4S. The van der Waals surface area contributed by atoms with Gasteiger partial charge in [0.2, 0.25) is 5.95 Å². The van der Waals surface area contributed by atoms with Crippen molar-refractivity contribution in [2.75, 3.05) is 10.0 Å². The molecule has 1 aromatic heterocycles. The van der Waals surface area contributed by atoms with Crippen molar-refractivity contribution in [3.8, 4) is 5.75 Å². The summed E-state index contributed by atoms with van der Waals surface area (Å²) < 4.78 is 33.3. The fraction of sp³-hybridized carbons (Fsp3) is 0.227. The van der Waals surface area contributed by atoms with Crippen LogP contribution >= 0.6 is 11.6 Å². The van der Waals surface area contributed by atoms with Gasteiger partial charge < -0.3 is 10.1 Å². The fourth-order valence-electron chi connectivity index (χ4n) is 2.90. The standard InChI is InChI=1S/C22H23ClN4O4S/c1-13-11-17(23)5-10-20(13)31-16(4)21(28)26-18-6-8-19(9-7-18)32(29,30)27-22-24-14(2)12-15(3)25-22/h5-12,16H,1-4H3,(H,26,28)(H,24,25,27). The van der Waals surface area contributed by atoms with Crippen LogP contribution in [0.5, 0.6) is 5.75 Å². The molecule has 0 bridgehead atoms. The Kier molecular flexibility index (Phi) is 7.00. The number of nitrogens with one attached hydrogen (secondary N) is 2. The minimum atomic E-state index is -3.88. The number of anilines is 2. The zero-order valence-electron chi connectivity index (χ0n) is 18.0. The van der Waals surface area contributed by atoms with Gasteiger partial charge in [0.05, 0.1) is 4.90 Å². The lowest BCUT2D eigenvalue weighted by Crippen LogP contribution is -2.30. The Bertz CT molecular complexity index is 1230. The van der Waals surface area contributed by atoms with Gasteiger partial charge in [-0.25, -0.2) is 23.1 Å². The molecule has 168 valence electrons. The smallest absolute Gasteiger partial charge is 0.265 e. The second-order valence-electron chi connectivity index (χ2n) is 7.26. The van der Waals surface area contributed by atoms with Crippen LogP contribution in [0.3, 0.4) is 0 Å². The lowest BCUT2D eigenvalue weighted by molar-refractivity contribution is -0.122. The average Bonchev–Trinajstić information content (AvgIpc) is 2.69. The maximum Gasteiger partial charge on any atom is 0.265 e. The number of carbonyl (C=O) groups is 1. The van der Waals surface area contributed by atoms with Gasteiger partial charge in [0.15, 0.2) is 6.10 Å². The first kappa shape index (κ1) is 23.5. The Hall–Kier alpha value is -3.17. The SMILES string of the molecule is Cc1cc(C)nc(NS(=O)(=O)c2ccc(NC(=O)C(C)Oc3ccc(Cl)cc3C)cc2)n1. The maximum absolute atomic E-state index is 12.6. The van der Waals surface area contributed by atoms with E-state index in [0.717, 1.165) is 5.56 Å². The van der Waals surface area contributed by atoms with Gasteiger partial charge in [0, 0.05) is 22.1 Å². The van der Waals surface area contributed by atoms with Crippen LogP contribution in [-0.2, 0) is 14.8 Å². The van der Waals surface area contributed by atoms with Crippen molar-refractivity contribution < 1.29 is 17.9 Å². The number of sulfonamides is 1. The van der Waals surface area contributed by atoms with Crippen molar-refractivity contribution in [1.29, 1.82) is 0 Å². The minimum Gasteiger partial charge on any atom is -0.481 e. The van der Waals surface area contributed by atoms with Crippen LogP contribution in [-0.4, -0.2) is 30.4 Å². The number of benzene rings is 2. The van der Waals surface area contributed by atoms with E-state index in [0.29, 0.717) is 27.8 Å². The molecule has 1 amide bonds. The van der Waals surface area contributed by atoms with E-state index in [4.69, 9.17) is 16.3 Å². The first-order chi connectivity index (χ1) is 15.0. The van der Waals surface area contributed by atoms with E-state index >= 15 is 0 Å². The molecule has 8 nitrogen and oxygen atoms in total. The van der Waals surface area contributed by atoms with Crippen LogP contribution < -0.4 is 14.8 Å². The number of aryl methyl sites for hydroxylation is 3. The summed E-state index contributed by atoms with van der Waals surface area (Å²) in [5.41, 5.74) is 2.55. The Balaban J connectivity index is 1.66. The Morgan fingerprint density at radius 3 is 2.22 bits per heavy atom. The highest BCUT2D eigenvalue weighted by molar-refractivity contribution is 7.92. The van der Waals surface area contributed by atoms with Crippen LogP contribution in [0.15, 0.2) is 53.4 Å². The average molecular weight is 475 g/mol. The van der Waals surface area contributed by atoms with E-state index in [-0.39, 0.29) is 16.8 Å². The van der Waals surface area contributed by atoms with Gasteiger partial charge in [0.25, 0.3) is 15.9 Å². The quantitative estimate of drug-likeness (QED) is 0.529. The summed E-state index contributed by atoms with van der Waals surface area (Å²) in [5.74, 6) is 0.179. The molecule has 0 aliphatic carbocycles. The summed E-state index contributed by atoms with van der Waals surface area (Å²) in [7, 11) is -3.88. The van der Waals surface area contributed by atoms with E-state index in [1.54, 1.807) is 45.0 Å². The number of halogens is 1. The molecule has 2 N–H and O–H groups in total. The summed E-state index contributed by atoms with van der Waals surface area (Å²) in [6.45, 7) is 6.96. The molecule has 1 heterocycles. The third-order valence-corrected chi connectivity index (χ3v) is 6.03. The first-order valence-electron chi connectivity index (χ1n) is 9.72. The molecule has 0 aliphatic heterocycles. The highest BCUT2D eigenvalue weighted by Gasteiger charge is 2.18. The van der Waals surface area contributed by atoms with Gasteiger partial charge in [-0.15, -0.1) is 0 Å². The molecule has 0 radical (unpaired) electrons. The van der Waals surface area contributed by atoms with Crippen molar-refractivity contribution in [3.05, 3.63) is 70.5 Å². The van der Waals surface area contributed by atoms with Gasteiger partial charge in [-0.05, 0) is 81.8 Å². The highest BCUT2D eigenvalue weighted by Crippen LogP contribution is 2.23. The van der Waals surface area contributed by atoms with Crippen molar-refractivity contribution >= 4 is 39.2 Å². The van der Waals surface area contributed by atoms with Crippen LogP contribution in [0.4, 0.5) is 11.6 Å². The molecule has 3 rings (SSSR count). The van der Waals surface area contributed by atoms with E-state index < -0.39 is 16.1 Å². The second-order valence-corrected chi connectivity index (χ2v) is 9.38. The molecule has 0 spiro atoms. The molecular weight excluding hydrogens is 452 g/mol. The topological polar surface area (TPSA) is 110 Å². The monoisotopic (exact) mass is 474 g/mol. The zero-order valence-corrected chi connectivity index (χ0v) is 19.6. The number of carbonyl (C=O) groups excluding carboxylic acids is 1. The van der Waals surface area contributed by atoms with Crippen LogP contribution in [0.1, 0.15) is 23.9 Å². The Labute approximate surface area is 192 Å². The summed E-state index contributed by atoms with van der Waals surface area (Å²) >= 11 is 5.94. The normalized spacial score (nSPS) is 12.2. The van der Waals surface area contributed by atoms with Gasteiger partial charge in [-0.3, -0.25) is 4.79 Å². The Morgan fingerprint density at radius 1 is 1.00 bits per heavy atom. The number of amides is 1. The van der Waals surface area contributed by atoms with Crippen LogP contribution in [0.25, 0.3) is 0 Å². The van der Waals surface area contributed by atoms with E-state index in [1.807, 2.05) is 6.92 Å². The molecule has 3 aromatic rings. The molecule has 0 aliphatic rings. The number of hydrogen-bond acceptors (Lipinski definition) is 6. The highest BCUT2D eigenvalue weighted by atomic mass is 35.5. The van der Waals surface area contributed by atoms with Gasteiger partial charge in [0.1, 0.15) is 5.75 Å². The summed E-state index contributed by atoms with van der Waals surface area (Å²) in [5, 5.41) is 3.29. The van der Waals surface area contributed by atoms with Gasteiger partial charge in [-0.1, -0.05) is 11.6 Å². The Morgan fingerprint density at radius 2 is 1.62 bits per heavy atom. The van der Waals surface area contributed by atoms with Crippen molar-refractivity contribution in [2.24, 2.45) is 0 Å². The molecule has 0 saturated carbocycles. The van der Waals surface area contributed by atoms with Gasteiger partial charge >= 0.3 is 0 Å². The van der Waals surface area contributed by atoms with E-state index in [2.05, 4.69) is 20.0 Å². The largest absolute Gasteiger partial charge is 0.481 e. The molecule has 32 heavy (non-hydrogen) atoms. The number of aromatic nitrogens is 2. The van der Waals surface area contributed by atoms with E-state index in [1.165, 1.54) is 24.3 Å². The van der Waals surface area contributed by atoms with E-state index in [9.17, 15) is 13.2 Å². The van der Waals surface area contributed by atoms with Crippen molar-refractivity contribution in [3.63, 3.8) is 0 Å². The van der Waals surface area contributed by atoms with Crippen molar-refractivity contribution in [2.45, 2.75) is 38.7 Å². The number of ether oxygens (including phenoxy) is 1. The van der Waals surface area contributed by atoms with Crippen LogP contribution in [0.2, 0.25) is 5.02 Å². The predicted molar refractivity (Wildman–Crippen MR) is 124 cm³/mol. The first-order valence-corrected chi connectivity index (χ1v) is 11.6.